The van der Waals surface area contributed by atoms with Gasteiger partial charge in [0.1, 0.15) is 0 Å². The number of nitrogens with zero attached hydrogens (tertiary/aromatic N) is 1. The van der Waals surface area contributed by atoms with E-state index in [1.54, 1.807) is 0 Å². The Kier molecular flexibility index (Phi) is 18.5. The summed E-state index contributed by atoms with van der Waals surface area (Å²) in [6.07, 6.45) is 14.3. The Morgan fingerprint density at radius 3 is 2.10 bits per heavy atom. The van der Waals surface area contributed by atoms with Gasteiger partial charge in [-0.25, -0.2) is 0 Å². The molecule has 0 aliphatic heterocycles. The maximum absolute atomic E-state index is 10.8. The van der Waals surface area contributed by atoms with Crippen LogP contribution in [0, 0.1) is 0 Å². The van der Waals surface area contributed by atoms with Gasteiger partial charge in [0, 0.05) is 6.04 Å². The molecule has 4 heteroatoms. The van der Waals surface area contributed by atoms with Crippen molar-refractivity contribution in [3.05, 3.63) is 35.9 Å². The van der Waals surface area contributed by atoms with Gasteiger partial charge >= 0.3 is 0 Å². The van der Waals surface area contributed by atoms with Crippen LogP contribution < -0.4 is 5.73 Å². The molecule has 1 amide bonds. The number of hydrogen-bond donors (Lipinski definition) is 1. The first-order valence-corrected chi connectivity index (χ1v) is 12.4. The van der Waals surface area contributed by atoms with Crippen molar-refractivity contribution in [1.82, 2.24) is 4.67 Å². The Morgan fingerprint density at radius 1 is 1.07 bits per heavy atom. The van der Waals surface area contributed by atoms with Crippen LogP contribution in [0.4, 0.5) is 0 Å². The molecule has 0 radical (unpaired) electrons. The summed E-state index contributed by atoms with van der Waals surface area (Å²) >= 11 is 0. The molecule has 0 aromatic heterocycles. The minimum absolute atomic E-state index is 0.234. The summed E-state index contributed by atoms with van der Waals surface area (Å²) in [5.41, 5.74) is 6.69. The van der Waals surface area contributed by atoms with Crippen molar-refractivity contribution in [3.8, 4) is 0 Å². The number of carbonyl (C=O) groups is 1. The third kappa shape index (κ3) is 13.8. The van der Waals surface area contributed by atoms with Crippen molar-refractivity contribution in [3.63, 3.8) is 0 Å². The molecule has 2 unspecified atom stereocenters. The summed E-state index contributed by atoms with van der Waals surface area (Å²) in [4.78, 5) is 10.8. The second-order valence-electron chi connectivity index (χ2n) is 7.80. The molecule has 2 atom stereocenters. The van der Waals surface area contributed by atoms with Gasteiger partial charge < -0.3 is 5.73 Å². The summed E-state index contributed by atoms with van der Waals surface area (Å²) < 4.78 is 2.04. The number of primary amides is 1. The Morgan fingerprint density at radius 2 is 1.62 bits per heavy atom. The van der Waals surface area contributed by atoms with Crippen LogP contribution in [0.3, 0.4) is 0 Å². The van der Waals surface area contributed by atoms with E-state index >= 15 is 0 Å². The molecule has 1 aromatic carbocycles. The zero-order valence-electron chi connectivity index (χ0n) is 19.5. The van der Waals surface area contributed by atoms with Crippen LogP contribution in [0.1, 0.15) is 110 Å². The van der Waals surface area contributed by atoms with Crippen molar-refractivity contribution >= 4 is 15.3 Å². The smallest absolute Gasteiger partial charge is 0.231 e. The van der Waals surface area contributed by atoms with Gasteiger partial charge in [-0.3, -0.25) is 9.46 Å². The lowest BCUT2D eigenvalue weighted by Crippen LogP contribution is -2.34. The minimum Gasteiger partial charge on any atom is -0.369 e. The van der Waals surface area contributed by atoms with Crippen LogP contribution in [-0.2, 0) is 4.79 Å². The molecule has 1 saturated carbocycles. The highest BCUT2D eigenvalue weighted by Gasteiger charge is 2.17. The lowest BCUT2D eigenvalue weighted by Gasteiger charge is -2.28. The van der Waals surface area contributed by atoms with Crippen LogP contribution >= 0.6 is 9.39 Å². The first kappa shape index (κ1) is 28.1. The Balaban J connectivity index is 0.000000499. The molecule has 3 nitrogen and oxygen atoms in total. The average Bonchev–Trinajstić information content (AvgIpc) is 2.70. The fourth-order valence-corrected chi connectivity index (χ4v) is 4.34. The number of carbonyl (C=O) groups excluding carboxylic acids is 1. The number of unbranched alkanes of at least 4 members (excludes halogenated alkanes) is 1. The van der Waals surface area contributed by atoms with E-state index < -0.39 is 0 Å². The van der Waals surface area contributed by atoms with Crippen molar-refractivity contribution in [2.45, 2.75) is 110 Å². The number of amides is 1. The lowest BCUT2D eigenvalue weighted by molar-refractivity contribution is -0.118. The highest BCUT2D eigenvalue weighted by molar-refractivity contribution is 7.13. The van der Waals surface area contributed by atoms with Crippen LogP contribution in [0.15, 0.2) is 30.3 Å². The Labute approximate surface area is 183 Å². The molecule has 2 N–H and O–H groups in total. The normalized spacial score (nSPS) is 15.8. The minimum atomic E-state index is -0.234. The van der Waals surface area contributed by atoms with Crippen LogP contribution in [-0.4, -0.2) is 23.2 Å². The molecule has 0 bridgehead atoms. The summed E-state index contributed by atoms with van der Waals surface area (Å²) in [7, 11) is 2.64. The fourth-order valence-electron chi connectivity index (χ4n) is 3.86. The van der Waals surface area contributed by atoms with E-state index in [1.165, 1.54) is 76.2 Å². The quantitative estimate of drug-likeness (QED) is 0.455. The van der Waals surface area contributed by atoms with E-state index in [4.69, 9.17) is 5.73 Å². The average molecular weight is 423 g/mol. The molecule has 1 aromatic rings. The third-order valence-corrected chi connectivity index (χ3v) is 6.16. The maximum Gasteiger partial charge on any atom is 0.231 e. The molecule has 1 aliphatic rings. The second-order valence-corrected chi connectivity index (χ2v) is 8.46. The van der Waals surface area contributed by atoms with E-state index in [9.17, 15) is 4.79 Å². The van der Waals surface area contributed by atoms with Gasteiger partial charge in [0.2, 0.25) is 5.91 Å². The largest absolute Gasteiger partial charge is 0.369 e. The standard InChI is InChI=1S/C13H20.C10H21N2OP.C2H6/c1-3-5-9-12(4-2)13-10-7-6-8-11-13;11-10(13)8-12(14)9-6-4-2-1-3-5-7-9;1-2/h6-8,10-12H,3-5,9H2,1-2H3;9H,1-8,14H2,(H2,11,13);1-2H3. The van der Waals surface area contributed by atoms with Crippen molar-refractivity contribution in [1.29, 1.82) is 0 Å². The van der Waals surface area contributed by atoms with Crippen molar-refractivity contribution < 1.29 is 4.79 Å². The molecular weight excluding hydrogens is 375 g/mol. The molecule has 29 heavy (non-hydrogen) atoms. The summed E-state index contributed by atoms with van der Waals surface area (Å²) in [5, 5.41) is 0. The monoisotopic (exact) mass is 422 g/mol. The van der Waals surface area contributed by atoms with Crippen LogP contribution in [0.2, 0.25) is 0 Å². The topological polar surface area (TPSA) is 46.3 Å². The highest BCUT2D eigenvalue weighted by Crippen LogP contribution is 2.25. The van der Waals surface area contributed by atoms with Gasteiger partial charge in [0.25, 0.3) is 0 Å². The first-order chi connectivity index (χ1) is 14.1. The maximum atomic E-state index is 10.8. The summed E-state index contributed by atoms with van der Waals surface area (Å²) in [6, 6.07) is 11.4. The highest BCUT2D eigenvalue weighted by atomic mass is 31.0. The fraction of sp³-hybridized carbons (Fsp3) is 0.720. The molecule has 2 rings (SSSR count). The lowest BCUT2D eigenvalue weighted by atomic mass is 9.91. The van der Waals surface area contributed by atoms with Gasteiger partial charge in [-0.1, -0.05) is 112 Å². The van der Waals surface area contributed by atoms with Gasteiger partial charge in [0.05, 0.1) is 6.54 Å². The predicted octanol–water partition coefficient (Wildman–Crippen LogP) is 7.07. The molecular formula is C25H47N2OP. The third-order valence-electron chi connectivity index (χ3n) is 5.55. The molecule has 1 aliphatic carbocycles. The van der Waals surface area contributed by atoms with E-state index in [1.807, 2.05) is 18.5 Å². The SMILES string of the molecule is CC.CCCCC(CC)c1ccccc1.NC(=O)CN(P)C1CCCCCCC1. The van der Waals surface area contributed by atoms with E-state index in [0.717, 1.165) is 5.92 Å². The van der Waals surface area contributed by atoms with E-state index in [-0.39, 0.29) is 5.91 Å². The van der Waals surface area contributed by atoms with Gasteiger partial charge in [-0.15, -0.1) is 0 Å². The Hall–Kier alpha value is -0.920. The number of nitrogens with two attached hydrogens (primary N) is 1. The van der Waals surface area contributed by atoms with E-state index in [0.29, 0.717) is 12.6 Å². The van der Waals surface area contributed by atoms with E-state index in [2.05, 4.69) is 53.6 Å². The van der Waals surface area contributed by atoms with Crippen molar-refractivity contribution in [2.24, 2.45) is 5.73 Å². The summed E-state index contributed by atoms with van der Waals surface area (Å²) in [5.74, 6) is 0.545. The molecule has 0 heterocycles. The number of rotatable bonds is 8. The van der Waals surface area contributed by atoms with Crippen LogP contribution in [0.5, 0.6) is 0 Å². The zero-order chi connectivity index (χ0) is 21.9. The van der Waals surface area contributed by atoms with Gasteiger partial charge in [0.15, 0.2) is 0 Å². The summed E-state index contributed by atoms with van der Waals surface area (Å²) in [6.45, 7) is 8.92. The van der Waals surface area contributed by atoms with Gasteiger partial charge in [-0.05, 0) is 37.2 Å². The zero-order valence-corrected chi connectivity index (χ0v) is 20.7. The van der Waals surface area contributed by atoms with Gasteiger partial charge in [-0.2, -0.15) is 0 Å². The Bertz CT molecular complexity index is 487. The molecule has 1 fully saturated rings. The molecule has 0 saturated heterocycles. The molecule has 168 valence electrons. The second kappa shape index (κ2) is 19.1. The molecule has 0 spiro atoms. The van der Waals surface area contributed by atoms with Crippen molar-refractivity contribution in [2.75, 3.05) is 6.54 Å². The predicted molar refractivity (Wildman–Crippen MR) is 132 cm³/mol. The first-order valence-electron chi connectivity index (χ1n) is 11.9. The van der Waals surface area contributed by atoms with Crippen LogP contribution in [0.25, 0.3) is 0 Å². The number of benzene rings is 1. The number of hydrogen-bond acceptors (Lipinski definition) is 2.